The van der Waals surface area contributed by atoms with Crippen molar-refractivity contribution in [1.82, 2.24) is 25.2 Å². The highest BCUT2D eigenvalue weighted by atomic mass is 16.3. The summed E-state index contributed by atoms with van der Waals surface area (Å²) in [5.41, 5.74) is 2.10. The molecule has 1 aromatic carbocycles. The number of benzene rings is 1. The smallest absolute Gasteiger partial charge is 0.237 e. The van der Waals surface area contributed by atoms with E-state index < -0.39 is 5.60 Å². The predicted molar refractivity (Wildman–Crippen MR) is 91.5 cm³/mol. The number of aromatic nitrogens is 3. The second-order valence-electron chi connectivity index (χ2n) is 7.04. The summed E-state index contributed by atoms with van der Waals surface area (Å²) in [6, 6.07) is 8.31. The van der Waals surface area contributed by atoms with Gasteiger partial charge in [-0.1, -0.05) is 24.3 Å². The first-order valence-corrected chi connectivity index (χ1v) is 8.80. The lowest BCUT2D eigenvalue weighted by atomic mass is 9.90. The lowest BCUT2D eigenvalue weighted by Gasteiger charge is -2.38. The Labute approximate surface area is 146 Å². The van der Waals surface area contributed by atoms with Gasteiger partial charge < -0.3 is 10.0 Å². The van der Waals surface area contributed by atoms with Crippen molar-refractivity contribution in [2.75, 3.05) is 26.2 Å². The van der Waals surface area contributed by atoms with E-state index in [0.717, 1.165) is 25.9 Å². The molecule has 0 aliphatic carbocycles. The van der Waals surface area contributed by atoms with Crippen LogP contribution in [0.15, 0.2) is 30.5 Å². The molecule has 0 unspecified atom stereocenters. The van der Waals surface area contributed by atoms with E-state index in [4.69, 9.17) is 0 Å². The van der Waals surface area contributed by atoms with E-state index in [1.165, 1.54) is 11.1 Å². The average molecular weight is 341 g/mol. The minimum absolute atomic E-state index is 0.124. The Morgan fingerprint density at radius 3 is 2.92 bits per heavy atom. The van der Waals surface area contributed by atoms with Crippen LogP contribution in [0.2, 0.25) is 0 Å². The summed E-state index contributed by atoms with van der Waals surface area (Å²) < 4.78 is 0. The van der Waals surface area contributed by atoms with Crippen LogP contribution in [0.4, 0.5) is 0 Å². The molecule has 0 saturated carbocycles. The maximum atomic E-state index is 12.7. The van der Waals surface area contributed by atoms with E-state index in [-0.39, 0.29) is 5.91 Å². The summed E-state index contributed by atoms with van der Waals surface area (Å²) in [5, 5.41) is 21.2. The minimum atomic E-state index is -1.03. The summed E-state index contributed by atoms with van der Waals surface area (Å²) in [4.78, 5) is 16.7. The van der Waals surface area contributed by atoms with Crippen LogP contribution in [0.1, 0.15) is 29.7 Å². The maximum Gasteiger partial charge on any atom is 0.237 e. The quantitative estimate of drug-likeness (QED) is 0.857. The molecule has 132 valence electrons. The van der Waals surface area contributed by atoms with Gasteiger partial charge >= 0.3 is 0 Å². The average Bonchev–Trinajstić information content (AvgIpc) is 3.17. The minimum Gasteiger partial charge on any atom is -0.382 e. The third-order valence-electron chi connectivity index (χ3n) is 5.28. The summed E-state index contributed by atoms with van der Waals surface area (Å²) >= 11 is 0. The number of β-amino-alcohol motifs (C(OH)–C–C–N with tert-alkyl or cyclic N) is 1. The van der Waals surface area contributed by atoms with Crippen LogP contribution < -0.4 is 0 Å². The first kappa shape index (κ1) is 16.2. The molecule has 1 fully saturated rings. The molecule has 0 bridgehead atoms. The van der Waals surface area contributed by atoms with Gasteiger partial charge in [-0.15, -0.1) is 0 Å². The first-order chi connectivity index (χ1) is 12.1. The number of carbonyl (C=O) groups is 1. The van der Waals surface area contributed by atoms with Gasteiger partial charge in [0, 0.05) is 19.6 Å². The molecule has 0 radical (unpaired) electrons. The van der Waals surface area contributed by atoms with E-state index in [0.29, 0.717) is 31.7 Å². The SMILES string of the molecule is O=C(CN1CCC[C@](O)(c2cn[nH]n2)C1)N1CCc2ccccc2C1. The molecule has 7 nitrogen and oxygen atoms in total. The predicted octanol–water partition coefficient (Wildman–Crippen LogP) is 0.673. The van der Waals surface area contributed by atoms with Crippen molar-refractivity contribution >= 4 is 5.91 Å². The topological polar surface area (TPSA) is 85.3 Å². The van der Waals surface area contributed by atoms with E-state index in [1.54, 1.807) is 6.20 Å². The van der Waals surface area contributed by atoms with Crippen LogP contribution in [-0.4, -0.2) is 62.4 Å². The fourth-order valence-corrected chi connectivity index (χ4v) is 3.89. The Morgan fingerprint density at radius 2 is 2.12 bits per heavy atom. The number of fused-ring (bicyclic) bond motifs is 1. The zero-order chi connectivity index (χ0) is 17.3. The van der Waals surface area contributed by atoms with Gasteiger partial charge in [0.25, 0.3) is 0 Å². The molecule has 2 aliphatic heterocycles. The lowest BCUT2D eigenvalue weighted by Crippen LogP contribution is -2.50. The molecule has 3 heterocycles. The largest absolute Gasteiger partial charge is 0.382 e. The van der Waals surface area contributed by atoms with Gasteiger partial charge in [-0.3, -0.25) is 9.69 Å². The second kappa shape index (κ2) is 6.57. The molecule has 2 N–H and O–H groups in total. The number of likely N-dealkylation sites (tertiary alicyclic amines) is 1. The zero-order valence-electron chi connectivity index (χ0n) is 14.2. The third kappa shape index (κ3) is 3.29. The standard InChI is InChI=1S/C18H23N5O2/c24-17(23-9-6-14-4-1-2-5-15(14)11-23)12-22-8-3-7-18(25,13-22)16-10-19-21-20-16/h1-2,4-5,10,25H,3,6-9,11-13H2,(H,19,20,21)/t18-/m1/s1. The Morgan fingerprint density at radius 1 is 1.28 bits per heavy atom. The number of hydrogen-bond acceptors (Lipinski definition) is 5. The second-order valence-corrected chi connectivity index (χ2v) is 7.04. The normalized spacial score (nSPS) is 24.1. The summed E-state index contributed by atoms with van der Waals surface area (Å²) in [6.45, 7) is 3.00. The van der Waals surface area contributed by atoms with Crippen molar-refractivity contribution in [3.63, 3.8) is 0 Å². The van der Waals surface area contributed by atoms with Crippen molar-refractivity contribution in [3.8, 4) is 0 Å². The first-order valence-electron chi connectivity index (χ1n) is 8.80. The van der Waals surface area contributed by atoms with Crippen LogP contribution in [0.3, 0.4) is 0 Å². The van der Waals surface area contributed by atoms with E-state index in [1.807, 2.05) is 15.9 Å². The van der Waals surface area contributed by atoms with Crippen LogP contribution in [0.5, 0.6) is 0 Å². The number of H-pyrrole nitrogens is 1. The molecular weight excluding hydrogens is 318 g/mol. The number of piperidine rings is 1. The van der Waals surface area contributed by atoms with E-state index >= 15 is 0 Å². The van der Waals surface area contributed by atoms with Crippen LogP contribution in [0.25, 0.3) is 0 Å². The van der Waals surface area contributed by atoms with Crippen molar-refractivity contribution in [2.24, 2.45) is 0 Å². The van der Waals surface area contributed by atoms with Crippen LogP contribution in [-0.2, 0) is 23.4 Å². The van der Waals surface area contributed by atoms with Crippen LogP contribution in [0, 0.1) is 0 Å². The molecule has 2 aliphatic rings. The van der Waals surface area contributed by atoms with Gasteiger partial charge in [0.15, 0.2) is 0 Å². The Hall–Kier alpha value is -2.25. The number of amides is 1. The summed E-state index contributed by atoms with van der Waals surface area (Å²) in [6.07, 6.45) is 3.94. The van der Waals surface area contributed by atoms with Crippen LogP contribution >= 0.6 is 0 Å². The number of aliphatic hydroxyl groups is 1. The molecule has 7 heteroatoms. The third-order valence-corrected chi connectivity index (χ3v) is 5.28. The fourth-order valence-electron chi connectivity index (χ4n) is 3.89. The molecule has 1 saturated heterocycles. The Bertz CT molecular complexity index is 748. The van der Waals surface area contributed by atoms with E-state index in [9.17, 15) is 9.90 Å². The molecule has 2 aromatic rings. The van der Waals surface area contributed by atoms with Crippen molar-refractivity contribution in [1.29, 1.82) is 0 Å². The fraction of sp³-hybridized carbons (Fsp3) is 0.500. The van der Waals surface area contributed by atoms with Gasteiger partial charge in [-0.05, 0) is 36.9 Å². The van der Waals surface area contributed by atoms with Gasteiger partial charge in [-0.25, -0.2) is 0 Å². The molecule has 25 heavy (non-hydrogen) atoms. The van der Waals surface area contributed by atoms with Crippen molar-refractivity contribution < 1.29 is 9.90 Å². The van der Waals surface area contributed by atoms with Crippen molar-refractivity contribution in [3.05, 3.63) is 47.3 Å². The number of rotatable bonds is 3. The highest BCUT2D eigenvalue weighted by Crippen LogP contribution is 2.29. The highest BCUT2D eigenvalue weighted by Gasteiger charge is 2.38. The molecule has 4 rings (SSSR count). The van der Waals surface area contributed by atoms with Gasteiger partial charge in [-0.2, -0.15) is 15.4 Å². The van der Waals surface area contributed by atoms with E-state index in [2.05, 4.69) is 33.6 Å². The lowest BCUT2D eigenvalue weighted by molar-refractivity contribution is -0.135. The molecule has 1 amide bonds. The number of nitrogens with one attached hydrogen (secondary N) is 1. The van der Waals surface area contributed by atoms with Crippen molar-refractivity contribution in [2.45, 2.75) is 31.4 Å². The zero-order valence-corrected chi connectivity index (χ0v) is 14.2. The Kier molecular flexibility index (Phi) is 4.27. The summed E-state index contributed by atoms with van der Waals surface area (Å²) in [5.74, 6) is 0.124. The molecule has 0 spiro atoms. The van der Waals surface area contributed by atoms with Gasteiger partial charge in [0.1, 0.15) is 11.3 Å². The molecular formula is C18H23N5O2. The monoisotopic (exact) mass is 341 g/mol. The Balaban J connectivity index is 1.40. The number of carbonyl (C=O) groups excluding carboxylic acids is 1. The molecule has 1 aromatic heterocycles. The molecule has 1 atom stereocenters. The van der Waals surface area contributed by atoms with Gasteiger partial charge in [0.2, 0.25) is 5.91 Å². The summed E-state index contributed by atoms with van der Waals surface area (Å²) in [7, 11) is 0. The number of nitrogens with zero attached hydrogens (tertiary/aromatic N) is 4. The number of hydrogen-bond donors (Lipinski definition) is 2. The maximum absolute atomic E-state index is 12.7. The number of aromatic amines is 1. The van der Waals surface area contributed by atoms with Gasteiger partial charge in [0.05, 0.1) is 12.7 Å². The highest BCUT2D eigenvalue weighted by molar-refractivity contribution is 5.78.